The SMILES string of the molecule is CC(C)CC(O)c1ccc2c(c1)nc(NC(=O)c1ccc(-c3cnco3)s1)n2C[C@H]1CCCN1C(=O)C(C#N)=CC(C)(C)C. The van der Waals surface area contributed by atoms with Crippen LogP contribution < -0.4 is 5.32 Å². The molecule has 11 heteroatoms. The van der Waals surface area contributed by atoms with Crippen LogP contribution in [0.25, 0.3) is 21.7 Å². The second-order valence-electron chi connectivity index (χ2n) is 12.8. The van der Waals surface area contributed by atoms with E-state index in [9.17, 15) is 20.0 Å². The average molecular weight is 615 g/mol. The maximum atomic E-state index is 13.5. The van der Waals surface area contributed by atoms with E-state index in [2.05, 4.69) is 30.2 Å². The van der Waals surface area contributed by atoms with Crippen LogP contribution in [-0.4, -0.2) is 48.9 Å². The molecule has 1 aliphatic heterocycles. The minimum Gasteiger partial charge on any atom is -0.443 e. The molecule has 0 aliphatic carbocycles. The fourth-order valence-electron chi connectivity index (χ4n) is 5.54. The van der Waals surface area contributed by atoms with Gasteiger partial charge in [-0.2, -0.15) is 5.26 Å². The highest BCUT2D eigenvalue weighted by atomic mass is 32.1. The molecule has 2 N–H and O–H groups in total. The maximum absolute atomic E-state index is 13.5. The first-order valence-corrected chi connectivity index (χ1v) is 15.7. The Morgan fingerprint density at radius 2 is 2.07 bits per heavy atom. The van der Waals surface area contributed by atoms with Crippen molar-refractivity contribution >= 4 is 40.1 Å². The quantitative estimate of drug-likeness (QED) is 0.161. The van der Waals surface area contributed by atoms with Crippen molar-refractivity contribution in [2.75, 3.05) is 11.9 Å². The summed E-state index contributed by atoms with van der Waals surface area (Å²) >= 11 is 1.28. The van der Waals surface area contributed by atoms with Gasteiger partial charge in [0.1, 0.15) is 11.6 Å². The highest BCUT2D eigenvalue weighted by Crippen LogP contribution is 2.32. The number of carbonyl (C=O) groups excluding carboxylic acids is 2. The summed E-state index contributed by atoms with van der Waals surface area (Å²) in [6.45, 7) is 10.9. The van der Waals surface area contributed by atoms with E-state index >= 15 is 0 Å². The Hall–Kier alpha value is -4.27. The number of likely N-dealkylation sites (tertiary alicyclic amines) is 1. The summed E-state index contributed by atoms with van der Waals surface area (Å²) in [4.78, 5) is 38.7. The fraction of sp³-hybridized carbons (Fsp3) is 0.424. The van der Waals surface area contributed by atoms with Gasteiger partial charge in [-0.15, -0.1) is 11.3 Å². The first-order valence-electron chi connectivity index (χ1n) is 14.9. The molecule has 230 valence electrons. The maximum Gasteiger partial charge on any atom is 0.268 e. The molecule has 2 amide bonds. The van der Waals surface area contributed by atoms with Crippen molar-refractivity contribution in [2.24, 2.45) is 11.3 Å². The molecule has 10 nitrogen and oxygen atoms in total. The van der Waals surface area contributed by atoms with Crippen molar-refractivity contribution in [1.82, 2.24) is 19.4 Å². The van der Waals surface area contributed by atoms with Crippen LogP contribution in [0.3, 0.4) is 0 Å². The normalized spacial score (nSPS) is 16.5. The fourth-order valence-corrected chi connectivity index (χ4v) is 6.40. The number of nitrogens with zero attached hydrogens (tertiary/aromatic N) is 5. The van der Waals surface area contributed by atoms with Crippen molar-refractivity contribution in [3.8, 4) is 16.7 Å². The minimum atomic E-state index is -0.634. The predicted octanol–water partition coefficient (Wildman–Crippen LogP) is 6.57. The van der Waals surface area contributed by atoms with Crippen LogP contribution in [0.2, 0.25) is 0 Å². The zero-order valence-electron chi connectivity index (χ0n) is 25.7. The van der Waals surface area contributed by atoms with E-state index < -0.39 is 6.10 Å². The number of rotatable bonds is 9. The van der Waals surface area contributed by atoms with Gasteiger partial charge in [0.15, 0.2) is 12.2 Å². The molecule has 0 radical (unpaired) electrons. The van der Waals surface area contributed by atoms with Crippen LogP contribution >= 0.6 is 11.3 Å². The van der Waals surface area contributed by atoms with E-state index in [-0.39, 0.29) is 28.8 Å². The van der Waals surface area contributed by atoms with Crippen LogP contribution in [0.4, 0.5) is 5.95 Å². The molecule has 1 unspecified atom stereocenters. The third-order valence-electron chi connectivity index (χ3n) is 7.54. The van der Waals surface area contributed by atoms with E-state index in [1.54, 1.807) is 23.2 Å². The van der Waals surface area contributed by atoms with Crippen molar-refractivity contribution in [3.63, 3.8) is 0 Å². The zero-order chi connectivity index (χ0) is 31.6. The summed E-state index contributed by atoms with van der Waals surface area (Å²) in [5, 5.41) is 23.6. The molecule has 0 spiro atoms. The van der Waals surface area contributed by atoms with Gasteiger partial charge in [0.2, 0.25) is 5.95 Å². The number of aliphatic hydroxyl groups is 1. The van der Waals surface area contributed by atoms with Crippen LogP contribution in [0.5, 0.6) is 0 Å². The van der Waals surface area contributed by atoms with Gasteiger partial charge in [0, 0.05) is 13.1 Å². The van der Waals surface area contributed by atoms with E-state index in [0.717, 1.165) is 28.8 Å². The molecule has 0 saturated carbocycles. The van der Waals surface area contributed by atoms with E-state index in [1.165, 1.54) is 17.7 Å². The number of nitrogens with one attached hydrogen (secondary N) is 1. The van der Waals surface area contributed by atoms with Gasteiger partial charge in [-0.3, -0.25) is 14.9 Å². The average Bonchev–Trinajstić information content (AvgIpc) is 3.77. The largest absolute Gasteiger partial charge is 0.443 e. The van der Waals surface area contributed by atoms with Crippen LogP contribution in [0.1, 0.15) is 75.2 Å². The number of fused-ring (bicyclic) bond motifs is 1. The Kier molecular flexibility index (Phi) is 9.04. The lowest BCUT2D eigenvalue weighted by Crippen LogP contribution is -2.39. The molecule has 1 saturated heterocycles. The summed E-state index contributed by atoms with van der Waals surface area (Å²) in [5.74, 6) is 0.642. The van der Waals surface area contributed by atoms with Gasteiger partial charge in [0.05, 0.1) is 39.1 Å². The molecule has 2 atom stereocenters. The second kappa shape index (κ2) is 12.8. The van der Waals surface area contributed by atoms with Crippen molar-refractivity contribution in [1.29, 1.82) is 5.26 Å². The molecule has 1 aliphatic rings. The molecule has 5 rings (SSSR count). The van der Waals surface area contributed by atoms with Gasteiger partial charge in [-0.1, -0.05) is 46.8 Å². The standard InChI is InChI=1S/C33H38N6O4S/c1-20(2)13-26(40)21-8-9-25-24(14-21)36-32(37-30(41)29-11-10-28(44-29)27-17-35-19-43-27)39(25)18-23-7-6-12-38(23)31(42)22(16-34)15-33(3,4)5/h8-11,14-15,17,19-20,23,26,40H,6-7,12-13,18H2,1-5H3,(H,36,37,41)/t23-,26?/m1/s1. The number of benzene rings is 1. The van der Waals surface area contributed by atoms with Crippen molar-refractivity contribution in [3.05, 3.63) is 65.0 Å². The molecule has 1 fully saturated rings. The van der Waals surface area contributed by atoms with Gasteiger partial charge in [-0.05, 0) is 60.4 Å². The number of anilines is 1. The van der Waals surface area contributed by atoms with Crippen LogP contribution in [0.15, 0.2) is 59.0 Å². The van der Waals surface area contributed by atoms with Gasteiger partial charge in [-0.25, -0.2) is 9.97 Å². The zero-order valence-corrected chi connectivity index (χ0v) is 26.5. The summed E-state index contributed by atoms with van der Waals surface area (Å²) in [6.07, 6.45) is 6.21. The minimum absolute atomic E-state index is 0.137. The summed E-state index contributed by atoms with van der Waals surface area (Å²) < 4.78 is 7.30. The smallest absolute Gasteiger partial charge is 0.268 e. The third-order valence-corrected chi connectivity index (χ3v) is 8.64. The summed E-state index contributed by atoms with van der Waals surface area (Å²) in [5.41, 5.74) is 1.99. The number of carbonyl (C=O) groups is 2. The lowest BCUT2D eigenvalue weighted by atomic mass is 9.93. The Morgan fingerprint density at radius 1 is 1.27 bits per heavy atom. The molecule has 4 aromatic rings. The Bertz CT molecular complexity index is 1720. The topological polar surface area (TPSA) is 137 Å². The van der Waals surface area contributed by atoms with Crippen molar-refractivity contribution in [2.45, 2.75) is 72.6 Å². The number of nitriles is 1. The molecular weight excluding hydrogens is 576 g/mol. The van der Waals surface area contributed by atoms with E-state index in [0.29, 0.717) is 47.5 Å². The summed E-state index contributed by atoms with van der Waals surface area (Å²) in [7, 11) is 0. The molecule has 44 heavy (non-hydrogen) atoms. The number of aromatic nitrogens is 3. The number of hydrogen-bond acceptors (Lipinski definition) is 8. The highest BCUT2D eigenvalue weighted by molar-refractivity contribution is 7.17. The first kappa shape index (κ1) is 31.2. The number of hydrogen-bond donors (Lipinski definition) is 2. The highest BCUT2D eigenvalue weighted by Gasteiger charge is 2.33. The number of allylic oxidation sites excluding steroid dienone is 1. The van der Waals surface area contributed by atoms with E-state index in [4.69, 9.17) is 9.40 Å². The lowest BCUT2D eigenvalue weighted by Gasteiger charge is -2.26. The number of aliphatic hydroxyl groups excluding tert-OH is 1. The molecule has 3 aromatic heterocycles. The van der Waals surface area contributed by atoms with Crippen LogP contribution in [-0.2, 0) is 11.3 Å². The van der Waals surface area contributed by atoms with Gasteiger partial charge in [0.25, 0.3) is 11.8 Å². The summed E-state index contributed by atoms with van der Waals surface area (Å²) in [6, 6.07) is 11.1. The molecular formula is C33H38N6O4S. The van der Waals surface area contributed by atoms with Crippen molar-refractivity contribution < 1.29 is 19.1 Å². The number of imidazole rings is 1. The second-order valence-corrected chi connectivity index (χ2v) is 13.8. The number of thiophene rings is 1. The van der Waals surface area contributed by atoms with Crippen LogP contribution in [0, 0.1) is 22.7 Å². The van der Waals surface area contributed by atoms with Gasteiger partial charge >= 0.3 is 0 Å². The predicted molar refractivity (Wildman–Crippen MR) is 170 cm³/mol. The Balaban J connectivity index is 1.48. The first-order chi connectivity index (χ1) is 20.9. The Morgan fingerprint density at radius 3 is 2.75 bits per heavy atom. The Labute approximate surface area is 261 Å². The van der Waals surface area contributed by atoms with Gasteiger partial charge < -0.3 is 19.0 Å². The number of oxazole rings is 1. The monoisotopic (exact) mass is 614 g/mol. The molecule has 4 heterocycles. The number of amides is 2. The molecule has 1 aromatic carbocycles. The van der Waals surface area contributed by atoms with E-state index in [1.807, 2.05) is 49.6 Å². The molecule has 0 bridgehead atoms. The third kappa shape index (κ3) is 6.93. The lowest BCUT2D eigenvalue weighted by molar-refractivity contribution is -0.127.